The molecule has 18 heavy (non-hydrogen) atoms. The molecule has 0 aliphatic heterocycles. The molecule has 3 heteroatoms. The van der Waals surface area contributed by atoms with Gasteiger partial charge in [-0.25, -0.2) is 0 Å². The molecule has 2 aliphatic carbocycles. The SMILES string of the molecule is CC1(C)CC(C2C=CC(C#N)=CC2)c2cn[nH]c21. The summed E-state index contributed by atoms with van der Waals surface area (Å²) >= 11 is 0. The molecule has 0 fully saturated rings. The van der Waals surface area contributed by atoms with Crippen LogP contribution in [0.1, 0.15) is 43.9 Å². The zero-order valence-electron chi connectivity index (χ0n) is 10.8. The van der Waals surface area contributed by atoms with E-state index in [1.807, 2.05) is 12.3 Å². The Bertz CT molecular complexity index is 569. The van der Waals surface area contributed by atoms with Crippen LogP contribution >= 0.6 is 0 Å². The Labute approximate surface area is 107 Å². The quantitative estimate of drug-likeness (QED) is 0.818. The largest absolute Gasteiger partial charge is 0.282 e. The Morgan fingerprint density at radius 2 is 2.33 bits per heavy atom. The summed E-state index contributed by atoms with van der Waals surface area (Å²) in [6, 6.07) is 2.20. The van der Waals surface area contributed by atoms with Crippen LogP contribution in [0.25, 0.3) is 0 Å². The Kier molecular flexibility index (Phi) is 2.41. The van der Waals surface area contributed by atoms with Crippen LogP contribution in [0.3, 0.4) is 0 Å². The van der Waals surface area contributed by atoms with Crippen molar-refractivity contribution in [3.8, 4) is 6.07 Å². The second kappa shape index (κ2) is 3.84. The molecular weight excluding hydrogens is 222 g/mol. The van der Waals surface area contributed by atoms with Gasteiger partial charge in [-0.3, -0.25) is 5.10 Å². The van der Waals surface area contributed by atoms with Crippen LogP contribution in [0.4, 0.5) is 0 Å². The molecule has 3 rings (SSSR count). The van der Waals surface area contributed by atoms with Crippen molar-refractivity contribution in [2.24, 2.45) is 5.92 Å². The fourth-order valence-electron chi connectivity index (χ4n) is 3.28. The summed E-state index contributed by atoms with van der Waals surface area (Å²) in [5.41, 5.74) is 3.62. The number of rotatable bonds is 1. The second-order valence-electron chi connectivity index (χ2n) is 5.92. The molecular formula is C15H17N3. The number of H-pyrrole nitrogens is 1. The van der Waals surface area contributed by atoms with Crippen LogP contribution in [-0.4, -0.2) is 10.2 Å². The molecule has 2 aliphatic rings. The number of nitriles is 1. The van der Waals surface area contributed by atoms with Crippen LogP contribution < -0.4 is 0 Å². The van der Waals surface area contributed by atoms with Crippen molar-refractivity contribution in [3.05, 3.63) is 41.3 Å². The van der Waals surface area contributed by atoms with Crippen LogP contribution in [0.5, 0.6) is 0 Å². The average Bonchev–Trinajstić information content (AvgIpc) is 2.93. The van der Waals surface area contributed by atoms with Crippen molar-refractivity contribution in [1.29, 1.82) is 5.26 Å². The van der Waals surface area contributed by atoms with E-state index in [2.05, 4.69) is 42.3 Å². The third-order valence-corrected chi connectivity index (χ3v) is 4.25. The Morgan fingerprint density at radius 1 is 1.50 bits per heavy atom. The monoisotopic (exact) mass is 239 g/mol. The second-order valence-corrected chi connectivity index (χ2v) is 5.92. The Hall–Kier alpha value is -1.82. The lowest BCUT2D eigenvalue weighted by molar-refractivity contribution is 0.407. The molecule has 0 saturated carbocycles. The number of aromatic nitrogens is 2. The van der Waals surface area contributed by atoms with Crippen LogP contribution in [-0.2, 0) is 5.41 Å². The van der Waals surface area contributed by atoms with Gasteiger partial charge >= 0.3 is 0 Å². The zero-order valence-corrected chi connectivity index (χ0v) is 10.8. The highest BCUT2D eigenvalue weighted by Gasteiger charge is 2.41. The van der Waals surface area contributed by atoms with Gasteiger partial charge in [0.1, 0.15) is 0 Å². The predicted molar refractivity (Wildman–Crippen MR) is 69.9 cm³/mol. The minimum absolute atomic E-state index is 0.184. The summed E-state index contributed by atoms with van der Waals surface area (Å²) in [4.78, 5) is 0. The standard InChI is InChI=1S/C15H17N3/c1-15(2)7-12(13-9-17-18-14(13)15)11-5-3-10(8-16)4-6-11/h3-5,9,11-12H,6-7H2,1-2H3,(H,17,18). The van der Waals surface area contributed by atoms with Crippen LogP contribution in [0.2, 0.25) is 0 Å². The van der Waals surface area contributed by atoms with Gasteiger partial charge in [0, 0.05) is 16.7 Å². The van der Waals surface area contributed by atoms with E-state index in [0.29, 0.717) is 11.8 Å². The summed E-state index contributed by atoms with van der Waals surface area (Å²) in [5, 5.41) is 16.2. The smallest absolute Gasteiger partial charge is 0.0988 e. The van der Waals surface area contributed by atoms with Gasteiger partial charge in [-0.05, 0) is 36.3 Å². The fourth-order valence-corrected chi connectivity index (χ4v) is 3.28. The first-order chi connectivity index (χ1) is 8.62. The minimum Gasteiger partial charge on any atom is -0.282 e. The number of hydrogen-bond acceptors (Lipinski definition) is 2. The Balaban J connectivity index is 1.88. The van der Waals surface area contributed by atoms with E-state index in [4.69, 9.17) is 5.26 Å². The van der Waals surface area contributed by atoms with Crippen LogP contribution in [0.15, 0.2) is 30.0 Å². The normalized spacial score (nSPS) is 28.6. The van der Waals surface area contributed by atoms with Gasteiger partial charge in [-0.2, -0.15) is 10.4 Å². The first-order valence-corrected chi connectivity index (χ1v) is 6.44. The van der Waals surface area contributed by atoms with Gasteiger partial charge in [0.15, 0.2) is 0 Å². The van der Waals surface area contributed by atoms with Gasteiger partial charge in [0.25, 0.3) is 0 Å². The van der Waals surface area contributed by atoms with Crippen molar-refractivity contribution < 1.29 is 0 Å². The molecule has 1 aromatic rings. The first-order valence-electron chi connectivity index (χ1n) is 6.44. The zero-order chi connectivity index (χ0) is 12.8. The molecule has 0 amide bonds. The molecule has 1 heterocycles. The first kappa shape index (κ1) is 11.3. The lowest BCUT2D eigenvalue weighted by Crippen LogP contribution is -2.16. The summed E-state index contributed by atoms with van der Waals surface area (Å²) < 4.78 is 0. The van der Waals surface area contributed by atoms with E-state index in [9.17, 15) is 0 Å². The maximum absolute atomic E-state index is 8.87. The van der Waals surface area contributed by atoms with E-state index >= 15 is 0 Å². The van der Waals surface area contributed by atoms with Gasteiger partial charge in [0.05, 0.1) is 12.3 Å². The van der Waals surface area contributed by atoms with E-state index in [1.54, 1.807) is 0 Å². The molecule has 0 aromatic carbocycles. The highest BCUT2D eigenvalue weighted by atomic mass is 15.1. The summed E-state index contributed by atoms with van der Waals surface area (Å²) in [7, 11) is 0. The number of aromatic amines is 1. The van der Waals surface area contributed by atoms with Crippen molar-refractivity contribution >= 4 is 0 Å². The van der Waals surface area contributed by atoms with Gasteiger partial charge < -0.3 is 0 Å². The third-order valence-electron chi connectivity index (χ3n) is 4.25. The van der Waals surface area contributed by atoms with Gasteiger partial charge in [-0.1, -0.05) is 26.0 Å². The maximum Gasteiger partial charge on any atom is 0.0988 e. The van der Waals surface area contributed by atoms with Gasteiger partial charge in [-0.15, -0.1) is 0 Å². The molecule has 2 unspecified atom stereocenters. The van der Waals surface area contributed by atoms with E-state index < -0.39 is 0 Å². The molecule has 0 radical (unpaired) electrons. The molecule has 3 nitrogen and oxygen atoms in total. The minimum atomic E-state index is 0.184. The maximum atomic E-state index is 8.87. The summed E-state index contributed by atoms with van der Waals surface area (Å²) in [5.74, 6) is 1.03. The molecule has 1 aromatic heterocycles. The molecule has 2 atom stereocenters. The van der Waals surface area contributed by atoms with E-state index in [-0.39, 0.29) is 5.41 Å². The highest BCUT2D eigenvalue weighted by molar-refractivity contribution is 5.40. The number of nitrogens with zero attached hydrogens (tertiary/aromatic N) is 2. The van der Waals surface area contributed by atoms with E-state index in [0.717, 1.165) is 18.4 Å². The lowest BCUT2D eigenvalue weighted by Gasteiger charge is -2.24. The highest BCUT2D eigenvalue weighted by Crippen LogP contribution is 2.49. The number of hydrogen-bond donors (Lipinski definition) is 1. The van der Waals surface area contributed by atoms with Crippen molar-refractivity contribution in [1.82, 2.24) is 10.2 Å². The summed E-state index contributed by atoms with van der Waals surface area (Å²) in [6.45, 7) is 4.54. The molecule has 0 spiro atoms. The molecule has 0 saturated heterocycles. The molecule has 0 bridgehead atoms. The average molecular weight is 239 g/mol. The number of nitrogens with one attached hydrogen (secondary N) is 1. The summed E-state index contributed by atoms with van der Waals surface area (Å²) in [6.07, 6.45) is 10.3. The van der Waals surface area contributed by atoms with Crippen LogP contribution in [0, 0.1) is 17.2 Å². The number of fused-ring (bicyclic) bond motifs is 1. The Morgan fingerprint density at radius 3 is 3.00 bits per heavy atom. The van der Waals surface area contributed by atoms with Crippen molar-refractivity contribution in [3.63, 3.8) is 0 Å². The lowest BCUT2D eigenvalue weighted by atomic mass is 9.80. The molecule has 92 valence electrons. The molecule has 1 N–H and O–H groups in total. The van der Waals surface area contributed by atoms with Crippen molar-refractivity contribution in [2.75, 3.05) is 0 Å². The van der Waals surface area contributed by atoms with Crippen molar-refractivity contribution in [2.45, 2.75) is 38.0 Å². The number of allylic oxidation sites excluding steroid dienone is 4. The predicted octanol–water partition coefficient (Wildman–Crippen LogP) is 3.20. The fraction of sp³-hybridized carbons (Fsp3) is 0.467. The van der Waals surface area contributed by atoms with Gasteiger partial charge in [0.2, 0.25) is 0 Å². The third kappa shape index (κ3) is 1.60. The van der Waals surface area contributed by atoms with E-state index in [1.165, 1.54) is 11.3 Å². The topological polar surface area (TPSA) is 52.5 Å².